The Morgan fingerprint density at radius 3 is 2.69 bits per heavy atom. The largest absolute Gasteiger partial charge is 0.466 e. The molecule has 1 fully saturated rings. The minimum atomic E-state index is -0.278. The van der Waals surface area contributed by atoms with Crippen LogP contribution < -0.4 is 0 Å². The number of piperidine rings is 1. The van der Waals surface area contributed by atoms with Crippen LogP contribution in [0.2, 0.25) is 10.0 Å². The minimum absolute atomic E-state index is 0.0524. The monoisotopic (exact) mass is 437 g/mol. The molecule has 156 valence electrons. The number of esters is 1. The number of ether oxygens (including phenoxy) is 1. The van der Waals surface area contributed by atoms with Crippen molar-refractivity contribution in [2.75, 3.05) is 19.7 Å². The van der Waals surface area contributed by atoms with Gasteiger partial charge in [0.15, 0.2) is 0 Å². The predicted molar refractivity (Wildman–Crippen MR) is 113 cm³/mol. The van der Waals surface area contributed by atoms with Crippen LogP contribution in [0.3, 0.4) is 0 Å². The van der Waals surface area contributed by atoms with Crippen LogP contribution in [0.25, 0.3) is 5.69 Å². The van der Waals surface area contributed by atoms with Gasteiger partial charge in [0.05, 0.1) is 45.7 Å². The Hall–Kier alpha value is -2.05. The van der Waals surface area contributed by atoms with Crippen LogP contribution in [0.15, 0.2) is 24.4 Å². The summed E-state index contributed by atoms with van der Waals surface area (Å²) in [5.74, 6) is -0.577. The van der Waals surface area contributed by atoms with Crippen LogP contribution in [0.5, 0.6) is 0 Å². The highest BCUT2D eigenvalue weighted by molar-refractivity contribution is 6.42. The van der Waals surface area contributed by atoms with Crippen LogP contribution in [0.4, 0.5) is 0 Å². The number of hydrogen-bond acceptors (Lipinski definition) is 4. The molecule has 1 aromatic heterocycles. The van der Waals surface area contributed by atoms with Crippen molar-refractivity contribution in [1.29, 1.82) is 0 Å². The van der Waals surface area contributed by atoms with Gasteiger partial charge in [-0.25, -0.2) is 4.68 Å². The van der Waals surface area contributed by atoms with E-state index < -0.39 is 0 Å². The second-order valence-electron chi connectivity index (χ2n) is 7.45. The fourth-order valence-electron chi connectivity index (χ4n) is 3.69. The predicted octanol–water partition coefficient (Wildman–Crippen LogP) is 4.72. The number of rotatable bonds is 5. The molecule has 0 bridgehead atoms. The quantitative estimate of drug-likeness (QED) is 0.634. The summed E-state index contributed by atoms with van der Waals surface area (Å²) in [4.78, 5) is 27.1. The summed E-state index contributed by atoms with van der Waals surface area (Å²) in [6, 6.07) is 5.26. The highest BCUT2D eigenvalue weighted by Crippen LogP contribution is 2.29. The number of likely N-dealkylation sites (tertiary alicyclic amines) is 1. The third kappa shape index (κ3) is 4.59. The Kier molecular flexibility index (Phi) is 6.85. The van der Waals surface area contributed by atoms with Crippen LogP contribution in [-0.4, -0.2) is 46.3 Å². The van der Waals surface area contributed by atoms with Gasteiger partial charge in [-0.2, -0.15) is 5.10 Å². The molecule has 1 aliphatic heterocycles. The number of halogens is 2. The molecule has 1 atom stereocenters. The zero-order valence-corrected chi connectivity index (χ0v) is 18.3. The highest BCUT2D eigenvalue weighted by Gasteiger charge is 2.32. The van der Waals surface area contributed by atoms with Gasteiger partial charge in [0, 0.05) is 13.1 Å². The standard InChI is InChI=1S/C21H25Cl2N3O3/c1-4-29-21(28)14-6-5-9-25(12-14)20(27)16-11-24-26(19(16)13(2)3)15-7-8-17(22)18(23)10-15/h7-8,10-11,13-14H,4-6,9,12H2,1-3H3. The zero-order valence-electron chi connectivity index (χ0n) is 16.8. The molecule has 2 aromatic rings. The van der Waals surface area contributed by atoms with Crippen molar-refractivity contribution < 1.29 is 14.3 Å². The van der Waals surface area contributed by atoms with Crippen LogP contribution in [0.1, 0.15) is 55.6 Å². The van der Waals surface area contributed by atoms with Crippen molar-refractivity contribution in [2.45, 2.75) is 39.5 Å². The molecular weight excluding hydrogens is 413 g/mol. The molecule has 1 aromatic carbocycles. The maximum absolute atomic E-state index is 13.3. The van der Waals surface area contributed by atoms with E-state index in [0.717, 1.165) is 24.2 Å². The van der Waals surface area contributed by atoms with E-state index in [1.165, 1.54) is 0 Å². The van der Waals surface area contributed by atoms with Gasteiger partial charge in [0.1, 0.15) is 0 Å². The molecule has 1 saturated heterocycles. The minimum Gasteiger partial charge on any atom is -0.466 e. The van der Waals surface area contributed by atoms with E-state index in [1.54, 1.807) is 34.8 Å². The molecule has 0 saturated carbocycles. The topological polar surface area (TPSA) is 64.4 Å². The van der Waals surface area contributed by atoms with E-state index in [0.29, 0.717) is 35.3 Å². The van der Waals surface area contributed by atoms with Crippen molar-refractivity contribution in [3.63, 3.8) is 0 Å². The SMILES string of the molecule is CCOC(=O)C1CCCN(C(=O)c2cnn(-c3ccc(Cl)c(Cl)c3)c2C(C)C)C1. The Labute approximate surface area is 180 Å². The molecule has 1 amide bonds. The lowest BCUT2D eigenvalue weighted by atomic mass is 9.97. The summed E-state index contributed by atoms with van der Waals surface area (Å²) in [5.41, 5.74) is 2.08. The summed E-state index contributed by atoms with van der Waals surface area (Å²) < 4.78 is 6.87. The second kappa shape index (κ2) is 9.18. The van der Waals surface area contributed by atoms with Gasteiger partial charge >= 0.3 is 5.97 Å². The summed E-state index contributed by atoms with van der Waals surface area (Å²) in [6.07, 6.45) is 3.10. The van der Waals surface area contributed by atoms with Crippen LogP contribution in [0, 0.1) is 5.92 Å². The molecule has 0 aliphatic carbocycles. The normalized spacial score (nSPS) is 16.9. The summed E-state index contributed by atoms with van der Waals surface area (Å²) in [5, 5.41) is 5.34. The van der Waals surface area contributed by atoms with Crippen molar-refractivity contribution >= 4 is 35.1 Å². The molecule has 0 radical (unpaired) electrons. The fraction of sp³-hybridized carbons (Fsp3) is 0.476. The molecule has 2 heterocycles. The Bertz CT molecular complexity index is 911. The summed E-state index contributed by atoms with van der Waals surface area (Å²) in [6.45, 7) is 7.14. The van der Waals surface area contributed by atoms with Crippen molar-refractivity contribution in [3.8, 4) is 5.69 Å². The maximum Gasteiger partial charge on any atom is 0.310 e. The van der Waals surface area contributed by atoms with E-state index in [-0.39, 0.29) is 23.7 Å². The first-order valence-corrected chi connectivity index (χ1v) is 10.6. The third-order valence-electron chi connectivity index (χ3n) is 5.06. The third-order valence-corrected chi connectivity index (χ3v) is 5.80. The lowest BCUT2D eigenvalue weighted by Gasteiger charge is -2.31. The summed E-state index contributed by atoms with van der Waals surface area (Å²) in [7, 11) is 0. The van der Waals surface area contributed by atoms with Crippen LogP contribution >= 0.6 is 23.2 Å². The Morgan fingerprint density at radius 2 is 2.03 bits per heavy atom. The van der Waals surface area contributed by atoms with Gasteiger partial charge in [-0.15, -0.1) is 0 Å². The van der Waals surface area contributed by atoms with E-state index in [4.69, 9.17) is 27.9 Å². The van der Waals surface area contributed by atoms with Gasteiger partial charge in [-0.05, 0) is 43.9 Å². The van der Waals surface area contributed by atoms with Gasteiger partial charge < -0.3 is 9.64 Å². The molecule has 1 unspecified atom stereocenters. The summed E-state index contributed by atoms with van der Waals surface area (Å²) >= 11 is 12.2. The molecule has 8 heteroatoms. The molecule has 3 rings (SSSR count). The average molecular weight is 438 g/mol. The van der Waals surface area contributed by atoms with Crippen molar-refractivity contribution in [3.05, 3.63) is 45.7 Å². The highest BCUT2D eigenvalue weighted by atomic mass is 35.5. The van der Waals surface area contributed by atoms with Crippen LogP contribution in [-0.2, 0) is 9.53 Å². The molecule has 1 aliphatic rings. The number of amides is 1. The smallest absolute Gasteiger partial charge is 0.310 e. The number of aromatic nitrogens is 2. The molecular formula is C21H25Cl2N3O3. The zero-order chi connectivity index (χ0) is 21.1. The second-order valence-corrected chi connectivity index (χ2v) is 8.27. The van der Waals surface area contributed by atoms with Gasteiger partial charge in [0.2, 0.25) is 0 Å². The van der Waals surface area contributed by atoms with Gasteiger partial charge in [-0.3, -0.25) is 9.59 Å². The van der Waals surface area contributed by atoms with E-state index >= 15 is 0 Å². The number of carbonyl (C=O) groups excluding carboxylic acids is 2. The molecule has 0 spiro atoms. The molecule has 29 heavy (non-hydrogen) atoms. The molecule has 0 N–H and O–H groups in total. The fourth-order valence-corrected chi connectivity index (χ4v) is 3.98. The van der Waals surface area contributed by atoms with E-state index in [1.807, 2.05) is 19.9 Å². The van der Waals surface area contributed by atoms with Gasteiger partial charge in [-0.1, -0.05) is 37.0 Å². The first kappa shape index (κ1) is 21.7. The van der Waals surface area contributed by atoms with Gasteiger partial charge in [0.25, 0.3) is 5.91 Å². The van der Waals surface area contributed by atoms with Crippen molar-refractivity contribution in [1.82, 2.24) is 14.7 Å². The van der Waals surface area contributed by atoms with E-state index in [9.17, 15) is 9.59 Å². The lowest BCUT2D eigenvalue weighted by molar-refractivity contribution is -0.149. The maximum atomic E-state index is 13.3. The number of benzene rings is 1. The molecule has 6 nitrogen and oxygen atoms in total. The lowest BCUT2D eigenvalue weighted by Crippen LogP contribution is -2.43. The first-order chi connectivity index (χ1) is 13.8. The number of carbonyl (C=O) groups is 2. The Balaban J connectivity index is 1.90. The first-order valence-electron chi connectivity index (χ1n) is 9.82. The average Bonchev–Trinajstić information content (AvgIpc) is 3.15. The number of hydrogen-bond donors (Lipinski definition) is 0. The van der Waals surface area contributed by atoms with E-state index in [2.05, 4.69) is 5.10 Å². The Morgan fingerprint density at radius 1 is 1.28 bits per heavy atom. The van der Waals surface area contributed by atoms with Crippen molar-refractivity contribution in [2.24, 2.45) is 5.92 Å². The number of nitrogens with zero attached hydrogens (tertiary/aromatic N) is 3.